The quantitative estimate of drug-likeness (QED) is 0.114. The second kappa shape index (κ2) is 14.8. The normalized spacial score (nSPS) is 14.1. The van der Waals surface area contributed by atoms with Crippen LogP contribution in [0.5, 0.6) is 23.1 Å². The van der Waals surface area contributed by atoms with Crippen LogP contribution in [0.15, 0.2) is 41.3 Å². The van der Waals surface area contributed by atoms with Crippen LogP contribution in [0.1, 0.15) is 74.0 Å². The second-order valence-corrected chi connectivity index (χ2v) is 14.2. The molecule has 0 saturated heterocycles. The van der Waals surface area contributed by atoms with Gasteiger partial charge in [0.25, 0.3) is 5.88 Å². The van der Waals surface area contributed by atoms with Crippen molar-refractivity contribution in [3.05, 3.63) is 58.7 Å². The van der Waals surface area contributed by atoms with Gasteiger partial charge in [0.15, 0.2) is 22.8 Å². The number of fused-ring (bicyclic) bond motifs is 3. The standard InChI is InChI=1S/C35H43NO11S/c1-20(2)24-17-22-18-27(44-16-10-15-41-7)26(42-8)19-25(22)30-28(24)31(45-34(38)46-35(4,5)6)29(33(37)43-9)32(36-30)47-48(39,40)23-13-11-21(3)12-14-23/h11-14,18-20,24H,10,15-17H2,1-9H3. The Labute approximate surface area is 281 Å². The molecule has 0 radical (unpaired) electrons. The van der Waals surface area contributed by atoms with Crippen molar-refractivity contribution in [3.8, 4) is 34.4 Å². The summed E-state index contributed by atoms with van der Waals surface area (Å²) in [6, 6.07) is 9.55. The van der Waals surface area contributed by atoms with Crippen LogP contribution in [0, 0.1) is 12.8 Å². The minimum absolute atomic E-state index is 0.0681. The number of ether oxygens (including phenoxy) is 6. The van der Waals surface area contributed by atoms with Crippen molar-refractivity contribution < 1.29 is 50.6 Å². The summed E-state index contributed by atoms with van der Waals surface area (Å²) >= 11 is 0. The molecule has 0 saturated carbocycles. The predicted molar refractivity (Wildman–Crippen MR) is 177 cm³/mol. The molecule has 1 aromatic heterocycles. The van der Waals surface area contributed by atoms with Crippen LogP contribution in [-0.2, 0) is 30.7 Å². The van der Waals surface area contributed by atoms with Crippen molar-refractivity contribution in [1.29, 1.82) is 0 Å². The van der Waals surface area contributed by atoms with E-state index in [2.05, 4.69) is 4.98 Å². The molecule has 3 aromatic rings. The summed E-state index contributed by atoms with van der Waals surface area (Å²) in [5.74, 6) is -1.45. The number of hydrogen-bond acceptors (Lipinski definition) is 12. The molecule has 1 atom stereocenters. The summed E-state index contributed by atoms with van der Waals surface area (Å²) in [7, 11) is -0.302. The van der Waals surface area contributed by atoms with Gasteiger partial charge < -0.3 is 32.6 Å². The fourth-order valence-electron chi connectivity index (χ4n) is 5.32. The molecule has 1 aliphatic carbocycles. The lowest BCUT2D eigenvalue weighted by Crippen LogP contribution is -2.28. The number of carbonyl (C=O) groups excluding carboxylic acids is 2. The Balaban J connectivity index is 2.03. The van der Waals surface area contributed by atoms with Gasteiger partial charge in [0.05, 0.1) is 26.5 Å². The Morgan fingerprint density at radius 3 is 2.27 bits per heavy atom. The monoisotopic (exact) mass is 685 g/mol. The molecule has 4 rings (SSSR count). The number of aromatic nitrogens is 1. The Kier molecular flexibility index (Phi) is 11.3. The van der Waals surface area contributed by atoms with Crippen molar-refractivity contribution in [2.45, 2.75) is 70.8 Å². The first-order valence-electron chi connectivity index (χ1n) is 15.5. The highest BCUT2D eigenvalue weighted by molar-refractivity contribution is 7.87. The number of rotatable bonds is 12. The first kappa shape index (κ1) is 36.5. The van der Waals surface area contributed by atoms with Crippen molar-refractivity contribution in [2.24, 2.45) is 5.92 Å². The zero-order chi connectivity index (χ0) is 35.4. The van der Waals surface area contributed by atoms with Crippen LogP contribution in [0.25, 0.3) is 11.3 Å². The minimum Gasteiger partial charge on any atom is -0.493 e. The predicted octanol–water partition coefficient (Wildman–Crippen LogP) is 6.64. The van der Waals surface area contributed by atoms with Gasteiger partial charge in [0.2, 0.25) is 0 Å². The van der Waals surface area contributed by atoms with Gasteiger partial charge >= 0.3 is 22.2 Å². The highest BCUT2D eigenvalue weighted by atomic mass is 32.2. The molecule has 0 fully saturated rings. The maximum absolute atomic E-state index is 13.6. The van der Waals surface area contributed by atoms with Crippen LogP contribution < -0.4 is 18.4 Å². The molecule has 1 aliphatic rings. The van der Waals surface area contributed by atoms with Crippen LogP contribution in [0.3, 0.4) is 0 Å². The van der Waals surface area contributed by atoms with E-state index in [9.17, 15) is 18.0 Å². The number of aryl methyl sites for hydroxylation is 1. The van der Waals surface area contributed by atoms with Gasteiger partial charge in [0.1, 0.15) is 10.5 Å². The van der Waals surface area contributed by atoms with Crippen LogP contribution >= 0.6 is 0 Å². The van der Waals surface area contributed by atoms with Gasteiger partial charge in [-0.3, -0.25) is 0 Å². The van der Waals surface area contributed by atoms with E-state index < -0.39 is 39.3 Å². The zero-order valence-electron chi connectivity index (χ0n) is 28.8. The van der Waals surface area contributed by atoms with Gasteiger partial charge in [-0.25, -0.2) is 14.6 Å². The maximum atomic E-state index is 13.6. The van der Waals surface area contributed by atoms with Crippen molar-refractivity contribution in [3.63, 3.8) is 0 Å². The fourth-order valence-corrected chi connectivity index (χ4v) is 6.22. The SMILES string of the molecule is COCCCOc1cc2c(cc1OC)-c1nc(OS(=O)(=O)c3ccc(C)cc3)c(C(=O)OC)c(OC(=O)OC(C)(C)C)c1C(C(C)C)C2. The lowest BCUT2D eigenvalue weighted by atomic mass is 9.75. The number of nitrogens with zero attached hydrogens (tertiary/aromatic N) is 1. The second-order valence-electron chi connectivity index (χ2n) is 12.7. The zero-order valence-corrected chi connectivity index (χ0v) is 29.6. The van der Waals surface area contributed by atoms with E-state index in [1.807, 2.05) is 26.8 Å². The summed E-state index contributed by atoms with van der Waals surface area (Å²) in [5.41, 5.74) is 1.40. The van der Waals surface area contributed by atoms with E-state index in [1.165, 1.54) is 19.2 Å². The van der Waals surface area contributed by atoms with E-state index >= 15 is 0 Å². The lowest BCUT2D eigenvalue weighted by molar-refractivity contribution is 0.0199. The van der Waals surface area contributed by atoms with E-state index in [0.717, 1.165) is 18.2 Å². The number of benzene rings is 2. The Bertz CT molecular complexity index is 1760. The summed E-state index contributed by atoms with van der Waals surface area (Å²) in [5, 5.41) is 0. The molecule has 1 heterocycles. The largest absolute Gasteiger partial charge is 0.514 e. The number of hydrogen-bond donors (Lipinski definition) is 0. The molecule has 0 spiro atoms. The molecule has 48 heavy (non-hydrogen) atoms. The van der Waals surface area contributed by atoms with E-state index in [0.29, 0.717) is 48.7 Å². The number of esters is 1. The summed E-state index contributed by atoms with van der Waals surface area (Å²) in [6.45, 7) is 11.7. The summed E-state index contributed by atoms with van der Waals surface area (Å²) in [4.78, 5) is 31.2. The highest BCUT2D eigenvalue weighted by Gasteiger charge is 2.40. The van der Waals surface area contributed by atoms with Gasteiger partial charge in [-0.05, 0) is 75.8 Å². The first-order valence-corrected chi connectivity index (χ1v) is 16.9. The van der Waals surface area contributed by atoms with Crippen molar-refractivity contribution >= 4 is 22.2 Å². The van der Waals surface area contributed by atoms with E-state index in [4.69, 9.17) is 32.6 Å². The van der Waals surface area contributed by atoms with Crippen LogP contribution in [0.2, 0.25) is 0 Å². The minimum atomic E-state index is -4.53. The van der Waals surface area contributed by atoms with Gasteiger partial charge in [-0.15, -0.1) is 0 Å². The van der Waals surface area contributed by atoms with Crippen LogP contribution in [0.4, 0.5) is 4.79 Å². The van der Waals surface area contributed by atoms with Gasteiger partial charge in [-0.1, -0.05) is 31.5 Å². The summed E-state index contributed by atoms with van der Waals surface area (Å²) in [6.07, 6.45) is -0.0139. The molecule has 0 bridgehead atoms. The third kappa shape index (κ3) is 8.19. The molecule has 0 amide bonds. The molecule has 0 aliphatic heterocycles. The average molecular weight is 686 g/mol. The molecule has 12 nitrogen and oxygen atoms in total. The Morgan fingerprint density at radius 2 is 1.69 bits per heavy atom. The first-order chi connectivity index (χ1) is 22.6. The molecule has 2 aromatic carbocycles. The molecular formula is C35H43NO11S. The number of carbonyl (C=O) groups is 2. The van der Waals surface area contributed by atoms with E-state index in [-0.39, 0.29) is 28.2 Å². The molecular weight excluding hydrogens is 642 g/mol. The van der Waals surface area contributed by atoms with Crippen molar-refractivity contribution in [2.75, 3.05) is 34.5 Å². The number of pyridine rings is 1. The molecule has 1 unspecified atom stereocenters. The van der Waals surface area contributed by atoms with Crippen LogP contribution in [-0.4, -0.2) is 65.7 Å². The maximum Gasteiger partial charge on any atom is 0.514 e. The topological polar surface area (TPSA) is 146 Å². The highest BCUT2D eigenvalue weighted by Crippen LogP contribution is 2.51. The lowest BCUT2D eigenvalue weighted by Gasteiger charge is -2.33. The van der Waals surface area contributed by atoms with E-state index in [1.54, 1.807) is 46.1 Å². The smallest absolute Gasteiger partial charge is 0.493 e. The Hall–Kier alpha value is -4.36. The summed E-state index contributed by atoms with van der Waals surface area (Å²) < 4.78 is 66.0. The average Bonchev–Trinajstić information content (AvgIpc) is 3.01. The van der Waals surface area contributed by atoms with Crippen molar-refractivity contribution in [1.82, 2.24) is 4.98 Å². The molecule has 260 valence electrons. The third-order valence-corrected chi connectivity index (χ3v) is 8.85. The Morgan fingerprint density at radius 1 is 1.00 bits per heavy atom. The number of methoxy groups -OCH3 is 3. The fraction of sp³-hybridized carbons (Fsp3) is 0.457. The van der Waals surface area contributed by atoms with Gasteiger partial charge in [-0.2, -0.15) is 8.42 Å². The third-order valence-electron chi connectivity index (χ3n) is 7.63. The molecule has 0 N–H and O–H groups in total. The van der Waals surface area contributed by atoms with Gasteiger partial charge in [0, 0.05) is 31.3 Å². The molecule has 13 heteroatoms.